The third kappa shape index (κ3) is 6.23. The molecule has 0 aliphatic carbocycles. The molecule has 3 aromatic rings. The molecule has 4 rings (SSSR count). The molecule has 0 saturated carbocycles. The molecular weight excluding hydrogens is 446 g/mol. The predicted octanol–water partition coefficient (Wildman–Crippen LogP) is 4.93. The fraction of sp³-hybridized carbons (Fsp3) is 0.357. The Bertz CT molecular complexity index is 1070. The first-order chi connectivity index (χ1) is 16.5. The van der Waals surface area contributed by atoms with Gasteiger partial charge in [-0.25, -0.2) is 0 Å². The molecule has 1 fully saturated rings. The number of aryl methyl sites for hydroxylation is 1. The number of benzene rings is 2. The van der Waals surface area contributed by atoms with Crippen molar-refractivity contribution in [2.75, 3.05) is 33.4 Å². The second-order valence-corrected chi connectivity index (χ2v) is 9.54. The highest BCUT2D eigenvalue weighted by molar-refractivity contribution is 6.31. The summed E-state index contributed by atoms with van der Waals surface area (Å²) < 4.78 is 5.19. The van der Waals surface area contributed by atoms with Crippen molar-refractivity contribution in [3.63, 3.8) is 0 Å². The van der Waals surface area contributed by atoms with Crippen molar-refractivity contribution in [2.45, 2.75) is 25.9 Å². The molecule has 1 aliphatic heterocycles. The Morgan fingerprint density at radius 1 is 1.12 bits per heavy atom. The molecule has 1 aliphatic rings. The van der Waals surface area contributed by atoms with Gasteiger partial charge in [-0.2, -0.15) is 0 Å². The number of hydrogen-bond donors (Lipinski definition) is 0. The van der Waals surface area contributed by atoms with Crippen molar-refractivity contribution < 1.29 is 9.53 Å². The summed E-state index contributed by atoms with van der Waals surface area (Å²) in [5.74, 6) is 0.621. The molecule has 178 valence electrons. The fourth-order valence-corrected chi connectivity index (χ4v) is 4.99. The van der Waals surface area contributed by atoms with Gasteiger partial charge in [0, 0.05) is 63.2 Å². The van der Waals surface area contributed by atoms with E-state index < -0.39 is 0 Å². The SMILES string of the molecule is COCC(=O)N(Cc1cccnc1)CC1CN(Cc2ccccc2Cl)CC1c1ccc(C)cc1. The molecule has 1 saturated heterocycles. The number of carbonyl (C=O) groups is 1. The van der Waals surface area contributed by atoms with Crippen LogP contribution in [-0.2, 0) is 22.6 Å². The van der Waals surface area contributed by atoms with Gasteiger partial charge in [0.05, 0.1) is 0 Å². The summed E-state index contributed by atoms with van der Waals surface area (Å²) in [4.78, 5) is 21.6. The third-order valence-corrected chi connectivity index (χ3v) is 6.91. The van der Waals surface area contributed by atoms with Crippen molar-refractivity contribution in [1.29, 1.82) is 0 Å². The highest BCUT2D eigenvalue weighted by atomic mass is 35.5. The molecule has 2 heterocycles. The Labute approximate surface area is 207 Å². The zero-order chi connectivity index (χ0) is 23.9. The van der Waals surface area contributed by atoms with Crippen LogP contribution in [0.2, 0.25) is 5.02 Å². The van der Waals surface area contributed by atoms with E-state index in [4.69, 9.17) is 16.3 Å². The van der Waals surface area contributed by atoms with Gasteiger partial charge in [-0.3, -0.25) is 14.7 Å². The standard InChI is InChI=1S/C28H32ClN3O2/c1-21-9-11-23(12-10-21)26-19-31(16-24-7-3-4-8-27(24)29)17-25(26)18-32(28(33)20-34-2)15-22-6-5-13-30-14-22/h3-14,25-26H,15-20H2,1-2H3. The first-order valence-electron chi connectivity index (χ1n) is 11.7. The number of amides is 1. The number of ether oxygens (including phenoxy) is 1. The lowest BCUT2D eigenvalue weighted by Crippen LogP contribution is -2.39. The van der Waals surface area contributed by atoms with Crippen molar-refractivity contribution in [3.05, 3.63) is 100 Å². The van der Waals surface area contributed by atoms with Crippen molar-refractivity contribution in [3.8, 4) is 0 Å². The molecule has 1 amide bonds. The molecule has 2 unspecified atom stereocenters. The summed E-state index contributed by atoms with van der Waals surface area (Å²) in [6, 6.07) is 20.8. The zero-order valence-corrected chi connectivity index (χ0v) is 20.6. The molecule has 0 spiro atoms. The number of hydrogen-bond acceptors (Lipinski definition) is 4. The summed E-state index contributed by atoms with van der Waals surface area (Å²) in [6.45, 7) is 6.00. The highest BCUT2D eigenvalue weighted by Gasteiger charge is 2.36. The number of pyridine rings is 1. The van der Waals surface area contributed by atoms with Crippen molar-refractivity contribution >= 4 is 17.5 Å². The summed E-state index contributed by atoms with van der Waals surface area (Å²) in [6.07, 6.45) is 3.57. The maximum Gasteiger partial charge on any atom is 0.248 e. The van der Waals surface area contributed by atoms with E-state index in [0.717, 1.165) is 35.8 Å². The molecule has 2 atom stereocenters. The smallest absolute Gasteiger partial charge is 0.248 e. The molecule has 6 heteroatoms. The molecule has 2 aromatic carbocycles. The van der Waals surface area contributed by atoms with E-state index in [1.165, 1.54) is 11.1 Å². The molecule has 0 radical (unpaired) electrons. The average Bonchev–Trinajstić information content (AvgIpc) is 3.23. The third-order valence-electron chi connectivity index (χ3n) is 6.55. The Hall–Kier alpha value is -2.73. The summed E-state index contributed by atoms with van der Waals surface area (Å²) in [7, 11) is 1.57. The highest BCUT2D eigenvalue weighted by Crippen LogP contribution is 2.35. The largest absolute Gasteiger partial charge is 0.375 e. The van der Waals surface area contributed by atoms with Crippen LogP contribution >= 0.6 is 11.6 Å². The van der Waals surface area contributed by atoms with E-state index in [2.05, 4.69) is 47.1 Å². The summed E-state index contributed by atoms with van der Waals surface area (Å²) in [5.41, 5.74) is 4.72. The van der Waals surface area contributed by atoms with Crippen LogP contribution in [-0.4, -0.2) is 54.0 Å². The van der Waals surface area contributed by atoms with E-state index in [1.807, 2.05) is 41.4 Å². The van der Waals surface area contributed by atoms with Crippen LogP contribution in [0.15, 0.2) is 73.1 Å². The van der Waals surface area contributed by atoms with Crippen LogP contribution in [0, 0.1) is 12.8 Å². The first-order valence-corrected chi connectivity index (χ1v) is 12.1. The lowest BCUT2D eigenvalue weighted by Gasteiger charge is -2.28. The number of methoxy groups -OCH3 is 1. The number of halogens is 1. The maximum absolute atomic E-state index is 13.0. The van der Waals surface area contributed by atoms with Crippen molar-refractivity contribution in [1.82, 2.24) is 14.8 Å². The van der Waals surface area contributed by atoms with Gasteiger partial charge in [0.1, 0.15) is 6.61 Å². The summed E-state index contributed by atoms with van der Waals surface area (Å²) in [5, 5.41) is 0.798. The van der Waals surface area contributed by atoms with Gasteiger partial charge in [-0.1, -0.05) is 65.7 Å². The van der Waals surface area contributed by atoms with E-state index in [0.29, 0.717) is 24.9 Å². The first kappa shape index (κ1) is 24.4. The number of rotatable bonds is 9. The van der Waals surface area contributed by atoms with Gasteiger partial charge >= 0.3 is 0 Å². The van der Waals surface area contributed by atoms with Gasteiger partial charge < -0.3 is 9.64 Å². The Kier molecular flexibility index (Phi) is 8.33. The monoisotopic (exact) mass is 477 g/mol. The van der Waals surface area contributed by atoms with Gasteiger partial charge in [-0.05, 0) is 41.7 Å². The quantitative estimate of drug-likeness (QED) is 0.438. The fourth-order valence-electron chi connectivity index (χ4n) is 4.80. The molecule has 5 nitrogen and oxygen atoms in total. The van der Waals surface area contributed by atoms with Gasteiger partial charge in [0.25, 0.3) is 0 Å². The predicted molar refractivity (Wildman–Crippen MR) is 136 cm³/mol. The van der Waals surface area contributed by atoms with Gasteiger partial charge in [-0.15, -0.1) is 0 Å². The second kappa shape index (κ2) is 11.6. The minimum Gasteiger partial charge on any atom is -0.375 e. The van der Waals surface area contributed by atoms with Gasteiger partial charge in [0.2, 0.25) is 5.91 Å². The Balaban J connectivity index is 1.57. The molecule has 34 heavy (non-hydrogen) atoms. The lowest BCUT2D eigenvalue weighted by molar-refractivity contribution is -0.136. The van der Waals surface area contributed by atoms with Crippen molar-refractivity contribution in [2.24, 2.45) is 5.92 Å². The Morgan fingerprint density at radius 2 is 1.91 bits per heavy atom. The topological polar surface area (TPSA) is 45.7 Å². The van der Waals surface area contributed by atoms with Crippen LogP contribution in [0.25, 0.3) is 0 Å². The summed E-state index contributed by atoms with van der Waals surface area (Å²) >= 11 is 6.46. The van der Waals surface area contributed by atoms with Crippen LogP contribution in [0.3, 0.4) is 0 Å². The zero-order valence-electron chi connectivity index (χ0n) is 19.9. The van der Waals surface area contributed by atoms with Crippen LogP contribution < -0.4 is 0 Å². The molecule has 0 bridgehead atoms. The molecule has 0 N–H and O–H groups in total. The minimum absolute atomic E-state index is 0.00133. The minimum atomic E-state index is -0.00133. The second-order valence-electron chi connectivity index (χ2n) is 9.13. The number of nitrogens with zero attached hydrogens (tertiary/aromatic N) is 3. The number of carbonyl (C=O) groups excluding carboxylic acids is 1. The molecule has 1 aromatic heterocycles. The van der Waals surface area contributed by atoms with E-state index in [1.54, 1.807) is 13.3 Å². The average molecular weight is 478 g/mol. The van der Waals surface area contributed by atoms with Crippen LogP contribution in [0.5, 0.6) is 0 Å². The number of aromatic nitrogens is 1. The lowest BCUT2D eigenvalue weighted by atomic mass is 9.88. The van der Waals surface area contributed by atoms with E-state index in [9.17, 15) is 4.79 Å². The molecular formula is C28H32ClN3O2. The van der Waals surface area contributed by atoms with Crippen LogP contribution in [0.1, 0.15) is 28.2 Å². The Morgan fingerprint density at radius 3 is 2.62 bits per heavy atom. The van der Waals surface area contributed by atoms with E-state index in [-0.39, 0.29) is 12.5 Å². The van der Waals surface area contributed by atoms with Crippen LogP contribution in [0.4, 0.5) is 0 Å². The maximum atomic E-state index is 13.0. The van der Waals surface area contributed by atoms with Gasteiger partial charge in [0.15, 0.2) is 0 Å². The number of likely N-dealkylation sites (tertiary alicyclic amines) is 1. The normalized spacial score (nSPS) is 18.2. The van der Waals surface area contributed by atoms with E-state index >= 15 is 0 Å².